The van der Waals surface area contributed by atoms with Crippen molar-refractivity contribution in [2.75, 3.05) is 17.4 Å². The fourth-order valence-corrected chi connectivity index (χ4v) is 6.96. The third kappa shape index (κ3) is 9.91. The van der Waals surface area contributed by atoms with Crippen LogP contribution in [0.1, 0.15) is 30.5 Å². The zero-order valence-corrected chi connectivity index (χ0v) is 29.5. The number of hydrogen-bond acceptors (Lipinski definition) is 4. The molecule has 2 amide bonds. The number of sulfonamides is 1. The van der Waals surface area contributed by atoms with Crippen LogP contribution in [0.25, 0.3) is 0 Å². The highest BCUT2D eigenvalue weighted by molar-refractivity contribution is 7.92. The van der Waals surface area contributed by atoms with E-state index in [0.717, 1.165) is 6.07 Å². The number of nitrogens with one attached hydrogen (secondary N) is 1. The van der Waals surface area contributed by atoms with E-state index in [1.165, 1.54) is 41.3 Å². The Bertz CT molecular complexity index is 1880. The molecular formula is C35H33Cl3F3N3O4S. The zero-order chi connectivity index (χ0) is 35.9. The van der Waals surface area contributed by atoms with Crippen molar-refractivity contribution in [3.05, 3.63) is 129 Å². The number of amides is 2. The highest BCUT2D eigenvalue weighted by Crippen LogP contribution is 2.37. The summed E-state index contributed by atoms with van der Waals surface area (Å²) < 4.78 is 70.3. The maximum absolute atomic E-state index is 14.5. The average Bonchev–Trinajstić information content (AvgIpc) is 3.06. The van der Waals surface area contributed by atoms with E-state index in [-0.39, 0.29) is 45.4 Å². The predicted octanol–water partition coefficient (Wildman–Crippen LogP) is 8.27. The largest absolute Gasteiger partial charge is 0.416 e. The molecule has 0 aliphatic carbocycles. The molecule has 7 nitrogen and oxygen atoms in total. The van der Waals surface area contributed by atoms with Crippen molar-refractivity contribution in [1.82, 2.24) is 10.2 Å². The normalized spacial score (nSPS) is 12.4. The SMILES string of the molecule is CC(C)CNC(=O)[C@@H](Cc1ccccc1)N(Cc1ccc(Cl)c(Cl)c1)C(=O)CN(c1cc(C(F)(F)F)ccc1Cl)S(=O)(=O)c1ccccc1. The van der Waals surface area contributed by atoms with Gasteiger partial charge in [-0.1, -0.05) is 103 Å². The second-order valence-electron chi connectivity index (χ2n) is 11.6. The van der Waals surface area contributed by atoms with Gasteiger partial charge in [-0.25, -0.2) is 8.42 Å². The van der Waals surface area contributed by atoms with Crippen molar-refractivity contribution in [3.8, 4) is 0 Å². The first kappa shape index (κ1) is 38.0. The van der Waals surface area contributed by atoms with E-state index in [1.807, 2.05) is 13.8 Å². The van der Waals surface area contributed by atoms with Crippen LogP contribution in [0.5, 0.6) is 0 Å². The van der Waals surface area contributed by atoms with Crippen LogP contribution in [0.15, 0.2) is 102 Å². The Kier molecular flexibility index (Phi) is 12.6. The Hall–Kier alpha value is -3.77. The maximum atomic E-state index is 14.5. The quantitative estimate of drug-likeness (QED) is 0.149. The van der Waals surface area contributed by atoms with E-state index >= 15 is 0 Å². The minimum Gasteiger partial charge on any atom is -0.354 e. The fourth-order valence-electron chi connectivity index (χ4n) is 4.92. The standard InChI is InChI=1S/C35H33Cl3F3N3O4S/c1-23(2)20-42-34(46)32(18-24-9-5-3-6-10-24)43(21-25-13-15-28(36)30(38)17-25)33(45)22-44(49(47,48)27-11-7-4-8-12-27)31-19-26(35(39,40)41)14-16-29(31)37/h3-17,19,23,32H,18,20-22H2,1-2H3,(H,42,46)/t32-/m1/s1. The van der Waals surface area contributed by atoms with E-state index in [9.17, 15) is 31.2 Å². The molecule has 0 saturated heterocycles. The maximum Gasteiger partial charge on any atom is 0.416 e. The van der Waals surface area contributed by atoms with Crippen LogP contribution < -0.4 is 9.62 Å². The van der Waals surface area contributed by atoms with Gasteiger partial charge < -0.3 is 10.2 Å². The lowest BCUT2D eigenvalue weighted by molar-refractivity contribution is -0.140. The first-order chi connectivity index (χ1) is 23.1. The lowest BCUT2D eigenvalue weighted by Crippen LogP contribution is -2.53. The molecule has 260 valence electrons. The van der Waals surface area contributed by atoms with Crippen molar-refractivity contribution in [2.45, 2.75) is 43.9 Å². The molecule has 14 heteroatoms. The van der Waals surface area contributed by atoms with Crippen LogP contribution in [-0.4, -0.2) is 44.3 Å². The Labute approximate surface area is 298 Å². The molecule has 1 atom stereocenters. The third-order valence-corrected chi connectivity index (χ3v) is 10.3. The Morgan fingerprint density at radius 3 is 2.00 bits per heavy atom. The monoisotopic (exact) mass is 753 g/mol. The molecule has 0 aromatic heterocycles. The number of nitrogens with zero attached hydrogens (tertiary/aromatic N) is 2. The molecule has 4 aromatic carbocycles. The molecule has 0 heterocycles. The van der Waals surface area contributed by atoms with Gasteiger partial charge in [-0.15, -0.1) is 0 Å². The Morgan fingerprint density at radius 2 is 1.41 bits per heavy atom. The average molecular weight is 755 g/mol. The number of halogens is 6. The van der Waals surface area contributed by atoms with Crippen LogP contribution in [0, 0.1) is 5.92 Å². The van der Waals surface area contributed by atoms with Gasteiger partial charge in [0.2, 0.25) is 11.8 Å². The second kappa shape index (κ2) is 16.3. The first-order valence-corrected chi connectivity index (χ1v) is 17.6. The van der Waals surface area contributed by atoms with Crippen molar-refractivity contribution >= 4 is 62.3 Å². The molecule has 1 N–H and O–H groups in total. The van der Waals surface area contributed by atoms with Gasteiger partial charge in [-0.3, -0.25) is 13.9 Å². The first-order valence-electron chi connectivity index (χ1n) is 15.1. The molecular weight excluding hydrogens is 722 g/mol. The van der Waals surface area contributed by atoms with E-state index in [4.69, 9.17) is 34.8 Å². The van der Waals surface area contributed by atoms with Crippen LogP contribution in [0.4, 0.5) is 18.9 Å². The van der Waals surface area contributed by atoms with Crippen molar-refractivity contribution in [2.24, 2.45) is 5.92 Å². The van der Waals surface area contributed by atoms with E-state index in [2.05, 4.69) is 5.32 Å². The molecule has 0 radical (unpaired) electrons. The van der Waals surface area contributed by atoms with Gasteiger partial charge in [-0.2, -0.15) is 13.2 Å². The number of hydrogen-bond donors (Lipinski definition) is 1. The molecule has 49 heavy (non-hydrogen) atoms. The summed E-state index contributed by atoms with van der Waals surface area (Å²) in [6.07, 6.45) is -4.81. The van der Waals surface area contributed by atoms with Gasteiger partial charge in [0.25, 0.3) is 10.0 Å². The summed E-state index contributed by atoms with van der Waals surface area (Å²) in [7, 11) is -4.68. The molecule has 0 spiro atoms. The van der Waals surface area contributed by atoms with E-state index in [1.54, 1.807) is 42.5 Å². The molecule has 4 rings (SSSR count). The van der Waals surface area contributed by atoms with Gasteiger partial charge in [0, 0.05) is 19.5 Å². The summed E-state index contributed by atoms with van der Waals surface area (Å²) in [6, 6.07) is 21.5. The summed E-state index contributed by atoms with van der Waals surface area (Å²) in [4.78, 5) is 29.3. The summed E-state index contributed by atoms with van der Waals surface area (Å²) in [5.41, 5.74) is -0.566. The van der Waals surface area contributed by atoms with E-state index in [0.29, 0.717) is 27.6 Å². The minimum atomic E-state index is -4.85. The molecule has 0 aliphatic rings. The number of alkyl halides is 3. The lowest BCUT2D eigenvalue weighted by Gasteiger charge is -2.34. The summed E-state index contributed by atoms with van der Waals surface area (Å²) in [5.74, 6) is -1.34. The molecule has 0 unspecified atom stereocenters. The molecule has 0 aliphatic heterocycles. The van der Waals surface area contributed by atoms with Crippen molar-refractivity contribution < 1.29 is 31.2 Å². The van der Waals surface area contributed by atoms with Gasteiger partial charge >= 0.3 is 6.18 Å². The third-order valence-electron chi connectivity index (χ3n) is 7.44. The zero-order valence-electron chi connectivity index (χ0n) is 26.4. The van der Waals surface area contributed by atoms with E-state index < -0.39 is 51.9 Å². The molecule has 4 aromatic rings. The summed E-state index contributed by atoms with van der Waals surface area (Å²) >= 11 is 18.8. The van der Waals surface area contributed by atoms with Crippen molar-refractivity contribution in [3.63, 3.8) is 0 Å². The smallest absolute Gasteiger partial charge is 0.354 e. The molecule has 0 saturated carbocycles. The highest BCUT2D eigenvalue weighted by atomic mass is 35.5. The van der Waals surface area contributed by atoms with Crippen molar-refractivity contribution in [1.29, 1.82) is 0 Å². The molecule has 0 fully saturated rings. The topological polar surface area (TPSA) is 86.8 Å². The Morgan fingerprint density at radius 1 is 0.796 bits per heavy atom. The predicted molar refractivity (Wildman–Crippen MR) is 186 cm³/mol. The van der Waals surface area contributed by atoms with Gasteiger partial charge in [-0.05, 0) is 59.5 Å². The number of carbonyl (C=O) groups excluding carboxylic acids is 2. The number of benzene rings is 4. The summed E-state index contributed by atoms with van der Waals surface area (Å²) in [5, 5.41) is 2.95. The Balaban J connectivity index is 1.88. The fraction of sp³-hybridized carbons (Fsp3) is 0.257. The second-order valence-corrected chi connectivity index (χ2v) is 14.7. The minimum absolute atomic E-state index is 0.0353. The number of anilines is 1. The van der Waals surface area contributed by atoms with Crippen LogP contribution >= 0.6 is 34.8 Å². The molecule has 0 bridgehead atoms. The lowest BCUT2D eigenvalue weighted by atomic mass is 10.0. The van der Waals surface area contributed by atoms with Crippen LogP contribution in [0.3, 0.4) is 0 Å². The highest BCUT2D eigenvalue weighted by Gasteiger charge is 2.37. The number of carbonyl (C=O) groups is 2. The van der Waals surface area contributed by atoms with Gasteiger partial charge in [0.15, 0.2) is 0 Å². The van der Waals surface area contributed by atoms with Crippen LogP contribution in [-0.2, 0) is 38.8 Å². The number of rotatable bonds is 13. The summed E-state index contributed by atoms with van der Waals surface area (Å²) in [6.45, 7) is 2.86. The van der Waals surface area contributed by atoms with Gasteiger partial charge in [0.1, 0.15) is 12.6 Å². The van der Waals surface area contributed by atoms with Crippen LogP contribution in [0.2, 0.25) is 15.1 Å². The van der Waals surface area contributed by atoms with Gasteiger partial charge in [0.05, 0.1) is 31.2 Å².